The molecule has 3 aliphatic heterocycles. The van der Waals surface area contributed by atoms with Crippen LogP contribution in [-0.4, -0.2) is 64.6 Å². The fourth-order valence-corrected chi connectivity index (χ4v) is 5.55. The van der Waals surface area contributed by atoms with E-state index in [1.54, 1.807) is 24.3 Å². The highest BCUT2D eigenvalue weighted by molar-refractivity contribution is 6.30. The topological polar surface area (TPSA) is 60.9 Å². The first-order valence-corrected chi connectivity index (χ1v) is 12.1. The summed E-state index contributed by atoms with van der Waals surface area (Å²) < 4.78 is 0. The molecule has 0 radical (unpaired) electrons. The first kappa shape index (κ1) is 22.0. The second kappa shape index (κ2) is 9.18. The van der Waals surface area contributed by atoms with Gasteiger partial charge in [-0.05, 0) is 55.5 Å². The summed E-state index contributed by atoms with van der Waals surface area (Å²) in [6.07, 6.45) is 3.01. The zero-order valence-electron chi connectivity index (χ0n) is 18.6. The highest BCUT2D eigenvalue weighted by atomic mass is 35.5. The maximum Gasteiger partial charge on any atom is 0.254 e. The molecule has 2 aromatic carbocycles. The van der Waals surface area contributed by atoms with Crippen LogP contribution in [0.1, 0.15) is 52.0 Å². The van der Waals surface area contributed by atoms with Gasteiger partial charge in [0.05, 0.1) is 0 Å². The summed E-state index contributed by atoms with van der Waals surface area (Å²) >= 11 is 6.02. The Morgan fingerprint density at radius 3 is 2.24 bits per heavy atom. The Kier molecular flexibility index (Phi) is 6.11. The molecule has 2 aromatic rings. The smallest absolute Gasteiger partial charge is 0.254 e. The molecule has 0 N–H and O–H groups in total. The number of hydrogen-bond acceptors (Lipinski definition) is 3. The van der Waals surface area contributed by atoms with Crippen molar-refractivity contribution in [3.8, 4) is 0 Å². The second-order valence-electron chi connectivity index (χ2n) is 9.22. The van der Waals surface area contributed by atoms with Crippen LogP contribution in [0.5, 0.6) is 0 Å². The predicted molar refractivity (Wildman–Crippen MR) is 126 cm³/mol. The van der Waals surface area contributed by atoms with Crippen LogP contribution in [0.4, 0.5) is 0 Å². The number of likely N-dealkylation sites (tertiary alicyclic amines) is 2. The third-order valence-corrected chi connectivity index (χ3v) is 7.50. The zero-order chi connectivity index (χ0) is 22.9. The van der Waals surface area contributed by atoms with E-state index in [-0.39, 0.29) is 29.7 Å². The molecule has 3 aliphatic rings. The molecule has 6 nitrogen and oxygen atoms in total. The standard InChI is InChI=1S/C26H28ClN3O3/c27-21-6-3-5-19(16-21)25(32)28-12-8-18(9-13-28)24(31)29-14-10-22(11-15-29)30-17-20-4-1-2-7-23(20)26(30)33/h1-7,16,18,22H,8-15,17H2. The van der Waals surface area contributed by atoms with Crippen molar-refractivity contribution in [3.63, 3.8) is 0 Å². The fourth-order valence-electron chi connectivity index (χ4n) is 5.36. The van der Waals surface area contributed by atoms with Crippen molar-refractivity contribution < 1.29 is 14.4 Å². The largest absolute Gasteiger partial charge is 0.342 e. The van der Waals surface area contributed by atoms with Gasteiger partial charge >= 0.3 is 0 Å². The number of carbonyl (C=O) groups is 3. The Morgan fingerprint density at radius 2 is 1.55 bits per heavy atom. The molecule has 5 rings (SSSR count). The molecule has 33 heavy (non-hydrogen) atoms. The average molecular weight is 466 g/mol. The van der Waals surface area contributed by atoms with E-state index < -0.39 is 0 Å². The van der Waals surface area contributed by atoms with E-state index in [4.69, 9.17) is 11.6 Å². The molecular weight excluding hydrogens is 438 g/mol. The minimum absolute atomic E-state index is 0.0273. The Labute approximate surface area is 199 Å². The quantitative estimate of drug-likeness (QED) is 0.692. The summed E-state index contributed by atoms with van der Waals surface area (Å²) in [5, 5.41) is 0.550. The lowest BCUT2D eigenvalue weighted by molar-refractivity contribution is -0.138. The van der Waals surface area contributed by atoms with Gasteiger partial charge in [0.25, 0.3) is 11.8 Å². The van der Waals surface area contributed by atoms with Gasteiger partial charge in [0.2, 0.25) is 5.91 Å². The third-order valence-electron chi connectivity index (χ3n) is 7.27. The van der Waals surface area contributed by atoms with Gasteiger partial charge in [-0.3, -0.25) is 14.4 Å². The van der Waals surface area contributed by atoms with Crippen molar-refractivity contribution >= 4 is 29.3 Å². The number of carbonyl (C=O) groups excluding carboxylic acids is 3. The van der Waals surface area contributed by atoms with Gasteiger partial charge in [0.1, 0.15) is 0 Å². The van der Waals surface area contributed by atoms with Crippen LogP contribution >= 0.6 is 11.6 Å². The number of halogens is 1. The minimum Gasteiger partial charge on any atom is -0.342 e. The van der Waals surface area contributed by atoms with Gasteiger partial charge in [0.15, 0.2) is 0 Å². The Hall–Kier alpha value is -2.86. The molecule has 3 heterocycles. The van der Waals surface area contributed by atoms with Crippen molar-refractivity contribution in [3.05, 3.63) is 70.2 Å². The van der Waals surface area contributed by atoms with Crippen molar-refractivity contribution in [1.29, 1.82) is 0 Å². The molecule has 0 atom stereocenters. The monoisotopic (exact) mass is 465 g/mol. The summed E-state index contributed by atoms with van der Waals surface area (Å²) in [4.78, 5) is 44.4. The van der Waals surface area contributed by atoms with Crippen molar-refractivity contribution in [2.45, 2.75) is 38.3 Å². The van der Waals surface area contributed by atoms with Crippen LogP contribution in [0.25, 0.3) is 0 Å². The second-order valence-corrected chi connectivity index (χ2v) is 9.66. The molecule has 0 aromatic heterocycles. The van der Waals surface area contributed by atoms with Crippen LogP contribution in [0.3, 0.4) is 0 Å². The highest BCUT2D eigenvalue weighted by Crippen LogP contribution is 2.30. The Bertz CT molecular complexity index is 1070. The molecule has 7 heteroatoms. The summed E-state index contributed by atoms with van der Waals surface area (Å²) in [6.45, 7) is 3.21. The molecular formula is C26H28ClN3O3. The molecule has 172 valence electrons. The van der Waals surface area contributed by atoms with E-state index in [1.165, 1.54) is 0 Å². The van der Waals surface area contributed by atoms with Crippen LogP contribution in [0.15, 0.2) is 48.5 Å². The van der Waals surface area contributed by atoms with Gasteiger partial charge in [-0.15, -0.1) is 0 Å². The first-order chi connectivity index (χ1) is 16.0. The van der Waals surface area contributed by atoms with E-state index >= 15 is 0 Å². The first-order valence-electron chi connectivity index (χ1n) is 11.7. The van der Waals surface area contributed by atoms with E-state index in [0.29, 0.717) is 56.2 Å². The van der Waals surface area contributed by atoms with E-state index in [2.05, 4.69) is 0 Å². The number of piperidine rings is 2. The lowest BCUT2D eigenvalue weighted by Crippen LogP contribution is -2.50. The van der Waals surface area contributed by atoms with Gasteiger partial charge in [-0.1, -0.05) is 35.9 Å². The molecule has 0 aliphatic carbocycles. The summed E-state index contributed by atoms with van der Waals surface area (Å²) in [6, 6.07) is 15.0. The predicted octanol–water partition coefficient (Wildman–Crippen LogP) is 3.84. The molecule has 0 spiro atoms. The van der Waals surface area contributed by atoms with Crippen LogP contribution in [0, 0.1) is 5.92 Å². The Morgan fingerprint density at radius 1 is 0.848 bits per heavy atom. The fraction of sp³-hybridized carbons (Fsp3) is 0.423. The molecule has 2 fully saturated rings. The summed E-state index contributed by atoms with van der Waals surface area (Å²) in [5.74, 6) is 0.245. The number of rotatable bonds is 3. The molecule has 3 amide bonds. The van der Waals surface area contributed by atoms with E-state index in [0.717, 1.165) is 24.0 Å². The summed E-state index contributed by atoms with van der Waals surface area (Å²) in [7, 11) is 0. The number of hydrogen-bond donors (Lipinski definition) is 0. The zero-order valence-corrected chi connectivity index (χ0v) is 19.3. The van der Waals surface area contributed by atoms with Crippen LogP contribution in [-0.2, 0) is 11.3 Å². The lowest BCUT2D eigenvalue weighted by atomic mass is 9.93. The van der Waals surface area contributed by atoms with E-state index in [9.17, 15) is 14.4 Å². The molecule has 0 unspecified atom stereocenters. The lowest BCUT2D eigenvalue weighted by Gasteiger charge is -2.39. The van der Waals surface area contributed by atoms with E-state index in [1.807, 2.05) is 39.0 Å². The van der Waals surface area contributed by atoms with Gasteiger partial charge in [-0.25, -0.2) is 0 Å². The molecule has 0 saturated carbocycles. The van der Waals surface area contributed by atoms with Crippen LogP contribution < -0.4 is 0 Å². The van der Waals surface area contributed by atoms with Gasteiger partial charge in [0, 0.05) is 60.8 Å². The number of benzene rings is 2. The van der Waals surface area contributed by atoms with Crippen molar-refractivity contribution in [2.75, 3.05) is 26.2 Å². The van der Waals surface area contributed by atoms with Gasteiger partial charge in [-0.2, -0.15) is 0 Å². The maximum absolute atomic E-state index is 13.1. The highest BCUT2D eigenvalue weighted by Gasteiger charge is 2.37. The maximum atomic E-state index is 13.1. The Balaban J connectivity index is 1.12. The van der Waals surface area contributed by atoms with Crippen LogP contribution in [0.2, 0.25) is 5.02 Å². The van der Waals surface area contributed by atoms with Crippen molar-refractivity contribution in [1.82, 2.24) is 14.7 Å². The minimum atomic E-state index is -0.0392. The normalized spacial score (nSPS) is 19.7. The number of nitrogens with zero attached hydrogens (tertiary/aromatic N) is 3. The number of fused-ring (bicyclic) bond motifs is 1. The van der Waals surface area contributed by atoms with Crippen molar-refractivity contribution in [2.24, 2.45) is 5.92 Å². The number of amides is 3. The molecule has 0 bridgehead atoms. The third kappa shape index (κ3) is 4.36. The van der Waals surface area contributed by atoms with Gasteiger partial charge < -0.3 is 14.7 Å². The summed E-state index contributed by atoms with van der Waals surface area (Å²) in [5.41, 5.74) is 2.50. The molecule has 2 saturated heterocycles. The average Bonchev–Trinajstić information content (AvgIpc) is 3.20. The SMILES string of the molecule is O=C(c1cccc(Cl)c1)N1CCC(C(=O)N2CCC(N3Cc4ccccc4C3=O)CC2)CC1.